The predicted octanol–water partition coefficient (Wildman–Crippen LogP) is 0.833. The summed E-state index contributed by atoms with van der Waals surface area (Å²) < 4.78 is 1.10. The van der Waals surface area contributed by atoms with E-state index in [1.54, 1.807) is 6.92 Å². The minimum Gasteiger partial charge on any atom is -0.494 e. The summed E-state index contributed by atoms with van der Waals surface area (Å²) in [4.78, 5) is 11.5. The van der Waals surface area contributed by atoms with E-state index in [0.717, 1.165) is 4.57 Å². The van der Waals surface area contributed by atoms with E-state index in [0.29, 0.717) is 17.5 Å². The van der Waals surface area contributed by atoms with Gasteiger partial charge < -0.3 is 5.11 Å². The second-order valence-corrected chi connectivity index (χ2v) is 3.13. The molecule has 0 aliphatic rings. The third-order valence-electron chi connectivity index (χ3n) is 2.40. The predicted molar refractivity (Wildman–Crippen MR) is 52.2 cm³/mol. The Bertz CT molecular complexity index is 466. The average Bonchev–Trinajstić information content (AvgIpc) is 2.16. The van der Waals surface area contributed by atoms with Gasteiger partial charge >= 0.3 is 0 Å². The number of nitriles is 1. The van der Waals surface area contributed by atoms with E-state index in [9.17, 15) is 9.90 Å². The molecular formula is C10H12N2O2. The van der Waals surface area contributed by atoms with E-state index >= 15 is 0 Å². The lowest BCUT2D eigenvalue weighted by Crippen LogP contribution is -2.22. The maximum atomic E-state index is 11.5. The molecule has 14 heavy (non-hydrogen) atoms. The Morgan fingerprint density at radius 1 is 1.57 bits per heavy atom. The number of aromatic nitrogens is 1. The molecule has 1 N–H and O–H groups in total. The first-order chi connectivity index (χ1) is 6.54. The smallest absolute Gasteiger partial charge is 0.271 e. The second-order valence-electron chi connectivity index (χ2n) is 3.13. The Morgan fingerprint density at radius 3 is 2.57 bits per heavy atom. The molecule has 1 aromatic heterocycles. The van der Waals surface area contributed by atoms with Crippen molar-refractivity contribution in [1.29, 1.82) is 5.26 Å². The van der Waals surface area contributed by atoms with Gasteiger partial charge in [-0.1, -0.05) is 6.92 Å². The van der Waals surface area contributed by atoms with Crippen molar-refractivity contribution < 1.29 is 5.11 Å². The maximum Gasteiger partial charge on any atom is 0.271 e. The Hall–Kier alpha value is -1.76. The van der Waals surface area contributed by atoms with Gasteiger partial charge in [0.25, 0.3) is 5.56 Å². The molecule has 0 radical (unpaired) electrons. The van der Waals surface area contributed by atoms with Gasteiger partial charge in [-0.2, -0.15) is 5.26 Å². The van der Waals surface area contributed by atoms with Crippen molar-refractivity contribution in [3.8, 4) is 11.9 Å². The standard InChI is InChI=1S/C10H12N2O2/c1-4-7-6(2)8(5-11)10(14)12(3)9(7)13/h13H,4H2,1-3H3. The second kappa shape index (κ2) is 3.54. The van der Waals surface area contributed by atoms with Crippen LogP contribution >= 0.6 is 0 Å². The molecule has 0 fully saturated rings. The van der Waals surface area contributed by atoms with Gasteiger partial charge in [0.2, 0.25) is 0 Å². The van der Waals surface area contributed by atoms with Crippen LogP contribution in [0.2, 0.25) is 0 Å². The van der Waals surface area contributed by atoms with Crippen molar-refractivity contribution in [2.45, 2.75) is 20.3 Å². The highest BCUT2D eigenvalue weighted by Crippen LogP contribution is 2.20. The van der Waals surface area contributed by atoms with Crippen LogP contribution in [0.3, 0.4) is 0 Å². The van der Waals surface area contributed by atoms with Crippen molar-refractivity contribution in [3.05, 3.63) is 27.0 Å². The number of aromatic hydroxyl groups is 1. The van der Waals surface area contributed by atoms with Crippen LogP contribution in [0.1, 0.15) is 23.6 Å². The minimum atomic E-state index is -0.445. The van der Waals surface area contributed by atoms with E-state index in [1.165, 1.54) is 7.05 Å². The SMILES string of the molecule is CCc1c(C)c(C#N)c(=O)n(C)c1O. The van der Waals surface area contributed by atoms with E-state index < -0.39 is 5.56 Å². The van der Waals surface area contributed by atoms with Crippen molar-refractivity contribution in [1.82, 2.24) is 4.57 Å². The molecule has 0 saturated carbocycles. The van der Waals surface area contributed by atoms with Gasteiger partial charge in [0.1, 0.15) is 11.6 Å². The molecule has 74 valence electrons. The van der Waals surface area contributed by atoms with Crippen LogP contribution in [0, 0.1) is 18.3 Å². The Kier molecular flexibility index (Phi) is 2.61. The molecule has 0 aromatic carbocycles. The lowest BCUT2D eigenvalue weighted by Gasteiger charge is -2.11. The summed E-state index contributed by atoms with van der Waals surface area (Å²) in [5.74, 6) is -0.0472. The normalized spacial score (nSPS) is 9.86. The van der Waals surface area contributed by atoms with Crippen molar-refractivity contribution >= 4 is 0 Å². The number of pyridine rings is 1. The first-order valence-corrected chi connectivity index (χ1v) is 4.36. The fraction of sp³-hybridized carbons (Fsp3) is 0.400. The molecule has 0 aliphatic heterocycles. The molecule has 1 heterocycles. The van der Waals surface area contributed by atoms with Crippen LogP contribution in [0.25, 0.3) is 0 Å². The molecule has 4 nitrogen and oxygen atoms in total. The van der Waals surface area contributed by atoms with Crippen LogP contribution in [0.15, 0.2) is 4.79 Å². The quantitative estimate of drug-likeness (QED) is 0.716. The van der Waals surface area contributed by atoms with Gasteiger partial charge in [0.05, 0.1) is 0 Å². The van der Waals surface area contributed by atoms with Gasteiger partial charge in [-0.05, 0) is 18.9 Å². The first kappa shape index (κ1) is 10.3. The minimum absolute atomic E-state index is 0.0472. The van der Waals surface area contributed by atoms with Gasteiger partial charge in [0.15, 0.2) is 5.88 Å². The van der Waals surface area contributed by atoms with Gasteiger partial charge in [0, 0.05) is 12.6 Å². The third-order valence-corrected chi connectivity index (χ3v) is 2.40. The molecule has 0 spiro atoms. The van der Waals surface area contributed by atoms with E-state index in [-0.39, 0.29) is 11.4 Å². The molecule has 0 unspecified atom stereocenters. The lowest BCUT2D eigenvalue weighted by molar-refractivity contribution is 0.415. The van der Waals surface area contributed by atoms with E-state index in [1.807, 2.05) is 13.0 Å². The Balaban J connectivity index is 3.76. The molecule has 1 aromatic rings. The summed E-state index contributed by atoms with van der Waals surface area (Å²) >= 11 is 0. The zero-order valence-electron chi connectivity index (χ0n) is 8.46. The van der Waals surface area contributed by atoms with Crippen LogP contribution in [0.4, 0.5) is 0 Å². The number of hydrogen-bond acceptors (Lipinski definition) is 3. The fourth-order valence-electron chi connectivity index (χ4n) is 1.50. The average molecular weight is 192 g/mol. The fourth-order valence-corrected chi connectivity index (χ4v) is 1.50. The first-order valence-electron chi connectivity index (χ1n) is 4.36. The molecule has 0 saturated heterocycles. The monoisotopic (exact) mass is 192 g/mol. The Morgan fingerprint density at radius 2 is 2.14 bits per heavy atom. The van der Waals surface area contributed by atoms with Gasteiger partial charge in [-0.25, -0.2) is 0 Å². The summed E-state index contributed by atoms with van der Waals surface area (Å²) in [7, 11) is 1.46. The van der Waals surface area contributed by atoms with Crippen LogP contribution in [-0.4, -0.2) is 9.67 Å². The van der Waals surface area contributed by atoms with E-state index in [2.05, 4.69) is 0 Å². The Labute approximate surface area is 82.0 Å². The molecule has 4 heteroatoms. The van der Waals surface area contributed by atoms with Crippen LogP contribution < -0.4 is 5.56 Å². The largest absolute Gasteiger partial charge is 0.494 e. The maximum absolute atomic E-state index is 11.5. The highest BCUT2D eigenvalue weighted by atomic mass is 16.3. The summed E-state index contributed by atoms with van der Waals surface area (Å²) in [6.07, 6.45) is 0.598. The molecule has 0 bridgehead atoms. The van der Waals surface area contributed by atoms with E-state index in [4.69, 9.17) is 5.26 Å². The molecule has 0 atom stereocenters. The highest BCUT2D eigenvalue weighted by molar-refractivity contribution is 5.44. The summed E-state index contributed by atoms with van der Waals surface area (Å²) in [5.41, 5.74) is 0.904. The van der Waals surface area contributed by atoms with Gasteiger partial charge in [-0.3, -0.25) is 9.36 Å². The molecular weight excluding hydrogens is 180 g/mol. The summed E-state index contributed by atoms with van der Waals surface area (Å²) in [5, 5.41) is 18.4. The zero-order chi connectivity index (χ0) is 10.9. The molecule has 0 amide bonds. The zero-order valence-corrected chi connectivity index (χ0v) is 8.46. The summed E-state index contributed by atoms with van der Waals surface area (Å²) in [6.45, 7) is 3.55. The summed E-state index contributed by atoms with van der Waals surface area (Å²) in [6, 6.07) is 1.86. The molecule has 1 rings (SSSR count). The number of rotatable bonds is 1. The van der Waals surface area contributed by atoms with Crippen molar-refractivity contribution in [3.63, 3.8) is 0 Å². The topological polar surface area (TPSA) is 66.0 Å². The third kappa shape index (κ3) is 1.27. The van der Waals surface area contributed by atoms with Crippen LogP contribution in [-0.2, 0) is 13.5 Å². The van der Waals surface area contributed by atoms with Crippen molar-refractivity contribution in [2.24, 2.45) is 7.05 Å². The van der Waals surface area contributed by atoms with Crippen molar-refractivity contribution in [2.75, 3.05) is 0 Å². The lowest BCUT2D eigenvalue weighted by atomic mass is 10.0. The highest BCUT2D eigenvalue weighted by Gasteiger charge is 2.14. The van der Waals surface area contributed by atoms with Crippen LogP contribution in [0.5, 0.6) is 5.88 Å². The molecule has 0 aliphatic carbocycles. The number of hydrogen-bond donors (Lipinski definition) is 1. The van der Waals surface area contributed by atoms with Gasteiger partial charge in [-0.15, -0.1) is 0 Å². The number of nitrogens with zero attached hydrogens (tertiary/aromatic N) is 2.